The van der Waals surface area contributed by atoms with Crippen LogP contribution in [0.3, 0.4) is 0 Å². The average Bonchev–Trinajstić information content (AvgIpc) is 3.24. The van der Waals surface area contributed by atoms with Crippen molar-refractivity contribution in [2.24, 2.45) is 50.2 Å². The number of ether oxygens (including phenoxy) is 3. The van der Waals surface area contributed by atoms with E-state index >= 15 is 0 Å². The van der Waals surface area contributed by atoms with Crippen LogP contribution in [0.1, 0.15) is 99.8 Å². The molecule has 5 N–H and O–H groups in total. The zero-order valence-electron chi connectivity index (χ0n) is 28.0. The molecule has 0 aromatic rings. The predicted molar refractivity (Wildman–Crippen MR) is 164 cm³/mol. The van der Waals surface area contributed by atoms with Gasteiger partial charge >= 0.3 is 0 Å². The number of aliphatic hydroxyl groups is 5. The molecular weight excluding hydrogens is 560 g/mol. The molecule has 2 aliphatic heterocycles. The Morgan fingerprint density at radius 1 is 0.841 bits per heavy atom. The molecule has 0 radical (unpaired) electrons. The van der Waals surface area contributed by atoms with Gasteiger partial charge in [0.1, 0.15) is 18.3 Å². The highest BCUT2D eigenvalue weighted by Gasteiger charge is 2.79. The van der Waals surface area contributed by atoms with Gasteiger partial charge in [0.2, 0.25) is 0 Å². The van der Waals surface area contributed by atoms with Gasteiger partial charge in [0, 0.05) is 22.2 Å². The summed E-state index contributed by atoms with van der Waals surface area (Å²) in [4.78, 5) is 0. The third-order valence-electron chi connectivity index (χ3n) is 15.8. The number of rotatable bonds is 3. The SMILES string of the molecule is C[C@@H]1O[C@@H](O[C@H]2C[C@]3(C)C4(C=CC5[C@@]6(C)CC[C@H](O)C(C)(CO)C6CC[C@]53C)OCC23CCC(C)(C)CC34)[C@@H](O)[C@H](O)[C@@H]1O. The number of hydrogen-bond donors (Lipinski definition) is 5. The minimum absolute atomic E-state index is 0.00976. The molecule has 0 aromatic carbocycles. The second-order valence-corrected chi connectivity index (χ2v) is 18.1. The Balaban J connectivity index is 1.33. The topological polar surface area (TPSA) is 129 Å². The first kappa shape index (κ1) is 32.0. The maximum Gasteiger partial charge on any atom is 0.186 e. The van der Waals surface area contributed by atoms with Gasteiger partial charge in [-0.15, -0.1) is 0 Å². The van der Waals surface area contributed by atoms with Gasteiger partial charge in [0.15, 0.2) is 6.29 Å². The lowest BCUT2D eigenvalue weighted by molar-refractivity contribution is -0.331. The Morgan fingerprint density at radius 2 is 1.57 bits per heavy atom. The van der Waals surface area contributed by atoms with E-state index in [9.17, 15) is 25.5 Å². The number of fused-ring (bicyclic) bond motifs is 4. The summed E-state index contributed by atoms with van der Waals surface area (Å²) in [7, 11) is 0. The number of aliphatic hydroxyl groups excluding tert-OH is 5. The smallest absolute Gasteiger partial charge is 0.186 e. The monoisotopic (exact) mass is 618 g/mol. The van der Waals surface area contributed by atoms with Crippen molar-refractivity contribution in [1.29, 1.82) is 0 Å². The molecule has 7 rings (SSSR count). The largest absolute Gasteiger partial charge is 0.396 e. The highest BCUT2D eigenvalue weighted by atomic mass is 16.7. The van der Waals surface area contributed by atoms with Crippen LogP contribution in [0.4, 0.5) is 0 Å². The van der Waals surface area contributed by atoms with Gasteiger partial charge in [-0.2, -0.15) is 0 Å². The lowest BCUT2D eigenvalue weighted by Crippen LogP contribution is -2.73. The van der Waals surface area contributed by atoms with Gasteiger partial charge in [-0.1, -0.05) is 53.7 Å². The van der Waals surface area contributed by atoms with Gasteiger partial charge in [0.05, 0.1) is 37.1 Å². The van der Waals surface area contributed by atoms with E-state index in [1.807, 2.05) is 0 Å². The first-order chi connectivity index (χ1) is 20.4. The molecule has 6 fully saturated rings. The third kappa shape index (κ3) is 3.75. The van der Waals surface area contributed by atoms with E-state index in [1.54, 1.807) is 6.92 Å². The molecule has 44 heavy (non-hydrogen) atoms. The highest BCUT2D eigenvalue weighted by molar-refractivity contribution is 5.36. The Hall–Kier alpha value is -0.580. The molecule has 1 spiro atoms. The molecular formula is C36H58O8. The van der Waals surface area contributed by atoms with E-state index in [-0.39, 0.29) is 57.5 Å². The first-order valence-corrected chi connectivity index (χ1v) is 17.4. The zero-order valence-corrected chi connectivity index (χ0v) is 28.0. The van der Waals surface area contributed by atoms with Crippen LogP contribution >= 0.6 is 0 Å². The Kier molecular flexibility index (Phi) is 7.08. The number of allylic oxidation sites excluding steroid dienone is 1. The lowest BCUT2D eigenvalue weighted by Gasteiger charge is -2.73. The molecule has 0 aromatic heterocycles. The second-order valence-electron chi connectivity index (χ2n) is 18.1. The summed E-state index contributed by atoms with van der Waals surface area (Å²) in [6, 6.07) is 0. The quantitative estimate of drug-likeness (QED) is 0.301. The summed E-state index contributed by atoms with van der Waals surface area (Å²) >= 11 is 0. The van der Waals surface area contributed by atoms with Gasteiger partial charge < -0.3 is 39.7 Å². The molecule has 2 bridgehead atoms. The van der Waals surface area contributed by atoms with Gasteiger partial charge in [0.25, 0.3) is 0 Å². The van der Waals surface area contributed by atoms with E-state index in [0.717, 1.165) is 44.9 Å². The van der Waals surface area contributed by atoms with Crippen LogP contribution in [0.25, 0.3) is 0 Å². The van der Waals surface area contributed by atoms with Crippen LogP contribution in [-0.4, -0.2) is 87.3 Å². The second kappa shape index (κ2) is 9.74. The summed E-state index contributed by atoms with van der Waals surface area (Å²) in [5.74, 6) is 0.675. The number of hydrogen-bond acceptors (Lipinski definition) is 8. The van der Waals surface area contributed by atoms with Gasteiger partial charge in [-0.05, 0) is 86.4 Å². The van der Waals surface area contributed by atoms with E-state index < -0.39 is 47.8 Å². The minimum atomic E-state index is -1.34. The van der Waals surface area contributed by atoms with Crippen molar-refractivity contribution >= 4 is 0 Å². The van der Waals surface area contributed by atoms with Crippen LogP contribution in [0.2, 0.25) is 0 Å². The molecule has 0 amide bonds. The molecule has 2 heterocycles. The van der Waals surface area contributed by atoms with E-state index in [1.165, 1.54) is 0 Å². The summed E-state index contributed by atoms with van der Waals surface area (Å²) in [5.41, 5.74) is -1.57. The van der Waals surface area contributed by atoms with Crippen LogP contribution in [0.15, 0.2) is 12.2 Å². The zero-order chi connectivity index (χ0) is 31.9. The van der Waals surface area contributed by atoms with Crippen molar-refractivity contribution in [2.75, 3.05) is 13.2 Å². The van der Waals surface area contributed by atoms with Crippen LogP contribution < -0.4 is 0 Å². The van der Waals surface area contributed by atoms with E-state index in [2.05, 4.69) is 53.7 Å². The molecule has 8 heteroatoms. The average molecular weight is 619 g/mol. The summed E-state index contributed by atoms with van der Waals surface area (Å²) in [6.07, 6.45) is 5.99. The van der Waals surface area contributed by atoms with Crippen molar-refractivity contribution in [3.8, 4) is 0 Å². The molecule has 6 unspecified atom stereocenters. The fraction of sp³-hybridized carbons (Fsp3) is 0.944. The van der Waals surface area contributed by atoms with Crippen LogP contribution in [0.5, 0.6) is 0 Å². The molecule has 2 saturated heterocycles. The Bertz CT molecular complexity index is 1190. The Morgan fingerprint density at radius 3 is 2.27 bits per heavy atom. The standard InChI is InChI=1S/C36H58O8/c1-20-26(39)27(40)28(41)29(43-20)44-25-17-34(7)33(6)12-8-21-31(4,11-10-24(38)32(21,5)18-37)22(33)9-13-36(34)23-16-30(2,3)14-15-35(23,25)19-42-36/h9,13,20-29,37-41H,8,10-12,14-19H2,1-7H3/t20-,21?,22?,23?,24-,25-,26+,27+,28-,29-,31-,32?,33+,34-,35?,36?/m0/s1. The first-order valence-electron chi connectivity index (χ1n) is 17.4. The molecule has 5 aliphatic carbocycles. The predicted octanol–water partition coefficient (Wildman–Crippen LogP) is 3.95. The van der Waals surface area contributed by atoms with E-state index in [4.69, 9.17) is 14.2 Å². The van der Waals surface area contributed by atoms with Crippen molar-refractivity contribution in [2.45, 2.75) is 148 Å². The van der Waals surface area contributed by atoms with Crippen molar-refractivity contribution in [3.05, 3.63) is 12.2 Å². The van der Waals surface area contributed by atoms with Crippen LogP contribution in [-0.2, 0) is 14.2 Å². The maximum absolute atomic E-state index is 11.1. The lowest BCUT2D eigenvalue weighted by atomic mass is 9.32. The molecule has 8 nitrogen and oxygen atoms in total. The van der Waals surface area contributed by atoms with Crippen molar-refractivity contribution < 1.29 is 39.7 Å². The van der Waals surface area contributed by atoms with Crippen molar-refractivity contribution in [3.63, 3.8) is 0 Å². The van der Waals surface area contributed by atoms with E-state index in [0.29, 0.717) is 13.0 Å². The third-order valence-corrected chi connectivity index (χ3v) is 15.8. The Labute approximate surface area is 263 Å². The van der Waals surface area contributed by atoms with Crippen molar-refractivity contribution in [1.82, 2.24) is 0 Å². The summed E-state index contributed by atoms with van der Waals surface area (Å²) < 4.78 is 20.2. The summed E-state index contributed by atoms with van der Waals surface area (Å²) in [5, 5.41) is 53.9. The minimum Gasteiger partial charge on any atom is -0.396 e. The molecule has 4 saturated carbocycles. The normalized spacial score (nSPS) is 61.0. The van der Waals surface area contributed by atoms with Crippen LogP contribution in [0, 0.1) is 50.2 Å². The molecule has 250 valence electrons. The fourth-order valence-corrected chi connectivity index (χ4v) is 12.8. The molecule has 16 atom stereocenters. The maximum atomic E-state index is 11.1. The van der Waals surface area contributed by atoms with Gasteiger partial charge in [-0.25, -0.2) is 0 Å². The highest BCUT2D eigenvalue weighted by Crippen LogP contribution is 2.79. The van der Waals surface area contributed by atoms with Gasteiger partial charge in [-0.3, -0.25) is 0 Å². The summed E-state index contributed by atoms with van der Waals surface area (Å²) in [6.45, 7) is 16.4. The fourth-order valence-electron chi connectivity index (χ4n) is 12.8. The molecule has 7 aliphatic rings.